The second-order valence-corrected chi connectivity index (χ2v) is 7.58. The molecule has 1 heterocycles. The number of hydrogen-bond donors (Lipinski definition) is 1. The zero-order valence-electron chi connectivity index (χ0n) is 15.0. The van der Waals surface area contributed by atoms with Crippen LogP contribution in [0.15, 0.2) is 24.3 Å². The SMILES string of the molecule is CN(C)c1ccc(CCC(=O)N[C@H]2COC3(CCCCC3)C2)cc1. The van der Waals surface area contributed by atoms with Gasteiger partial charge in [-0.2, -0.15) is 0 Å². The monoisotopic (exact) mass is 330 g/mol. The van der Waals surface area contributed by atoms with E-state index in [1.165, 1.54) is 30.5 Å². The van der Waals surface area contributed by atoms with Crippen molar-refractivity contribution in [2.45, 2.75) is 63.0 Å². The first-order valence-corrected chi connectivity index (χ1v) is 9.26. The Kier molecular flexibility index (Phi) is 5.44. The number of rotatable bonds is 5. The molecule has 1 atom stereocenters. The van der Waals surface area contributed by atoms with Crippen LogP contribution < -0.4 is 10.2 Å². The first-order chi connectivity index (χ1) is 11.6. The average Bonchev–Trinajstić information content (AvgIpc) is 2.96. The molecule has 4 heteroatoms. The second kappa shape index (κ2) is 7.56. The van der Waals surface area contributed by atoms with E-state index in [0.29, 0.717) is 13.0 Å². The van der Waals surface area contributed by atoms with Gasteiger partial charge in [0.25, 0.3) is 0 Å². The van der Waals surface area contributed by atoms with Gasteiger partial charge in [0.15, 0.2) is 0 Å². The van der Waals surface area contributed by atoms with Crippen molar-refractivity contribution in [2.75, 3.05) is 25.6 Å². The predicted octanol–water partition coefficient (Wildman–Crippen LogP) is 3.29. The van der Waals surface area contributed by atoms with E-state index in [2.05, 4.69) is 34.5 Å². The fraction of sp³-hybridized carbons (Fsp3) is 0.650. The highest BCUT2D eigenvalue weighted by atomic mass is 16.5. The largest absolute Gasteiger partial charge is 0.378 e. The van der Waals surface area contributed by atoms with Crippen molar-refractivity contribution in [3.63, 3.8) is 0 Å². The van der Waals surface area contributed by atoms with Gasteiger partial charge in [0.2, 0.25) is 5.91 Å². The molecule has 1 aliphatic carbocycles. The standard InChI is InChI=1S/C20H30N2O2/c1-22(2)18-9-6-16(7-10-18)8-11-19(23)21-17-14-20(24-15-17)12-4-3-5-13-20/h6-7,9-10,17H,3-5,8,11-15H2,1-2H3,(H,21,23)/t17-/m1/s1. The molecule has 1 aromatic carbocycles. The third-order valence-corrected chi connectivity index (χ3v) is 5.43. The Labute approximate surface area is 145 Å². The Bertz CT molecular complexity index is 547. The van der Waals surface area contributed by atoms with E-state index in [9.17, 15) is 4.79 Å². The van der Waals surface area contributed by atoms with Crippen LogP contribution in [0, 0.1) is 0 Å². The first kappa shape index (κ1) is 17.3. The Morgan fingerprint density at radius 1 is 1.21 bits per heavy atom. The van der Waals surface area contributed by atoms with Crippen molar-refractivity contribution in [1.29, 1.82) is 0 Å². The van der Waals surface area contributed by atoms with Crippen molar-refractivity contribution >= 4 is 11.6 Å². The zero-order valence-corrected chi connectivity index (χ0v) is 15.0. The van der Waals surface area contributed by atoms with E-state index < -0.39 is 0 Å². The van der Waals surface area contributed by atoms with Crippen molar-refractivity contribution < 1.29 is 9.53 Å². The number of carbonyl (C=O) groups is 1. The molecule has 0 radical (unpaired) electrons. The Morgan fingerprint density at radius 2 is 1.92 bits per heavy atom. The highest BCUT2D eigenvalue weighted by molar-refractivity contribution is 5.76. The van der Waals surface area contributed by atoms with Gasteiger partial charge in [-0.05, 0) is 43.4 Å². The molecular weight excluding hydrogens is 300 g/mol. The maximum absolute atomic E-state index is 12.2. The first-order valence-electron chi connectivity index (χ1n) is 9.26. The maximum Gasteiger partial charge on any atom is 0.220 e. The molecule has 24 heavy (non-hydrogen) atoms. The summed E-state index contributed by atoms with van der Waals surface area (Å²) in [5, 5.41) is 3.18. The van der Waals surface area contributed by atoms with Gasteiger partial charge >= 0.3 is 0 Å². The van der Waals surface area contributed by atoms with Crippen LogP contribution in [-0.4, -0.2) is 38.3 Å². The molecule has 1 saturated heterocycles. The molecule has 1 aliphatic heterocycles. The fourth-order valence-electron chi connectivity index (χ4n) is 4.00. The molecule has 0 aromatic heterocycles. The van der Waals surface area contributed by atoms with E-state index in [0.717, 1.165) is 25.7 Å². The second-order valence-electron chi connectivity index (χ2n) is 7.58. The van der Waals surface area contributed by atoms with Crippen LogP contribution in [0.25, 0.3) is 0 Å². The third kappa shape index (κ3) is 4.29. The molecule has 1 amide bonds. The highest BCUT2D eigenvalue weighted by Crippen LogP contribution is 2.39. The minimum Gasteiger partial charge on any atom is -0.378 e. The summed E-state index contributed by atoms with van der Waals surface area (Å²) in [4.78, 5) is 14.3. The number of ether oxygens (including phenoxy) is 1. The molecule has 0 bridgehead atoms. The number of hydrogen-bond acceptors (Lipinski definition) is 3. The van der Waals surface area contributed by atoms with Gasteiger partial charge in [-0.15, -0.1) is 0 Å². The Morgan fingerprint density at radius 3 is 2.58 bits per heavy atom. The number of benzene rings is 1. The average molecular weight is 330 g/mol. The Balaban J connectivity index is 1.43. The minimum atomic E-state index is 0.0677. The molecule has 4 nitrogen and oxygen atoms in total. The lowest BCUT2D eigenvalue weighted by Gasteiger charge is -2.32. The summed E-state index contributed by atoms with van der Waals surface area (Å²) in [5.74, 6) is 0.146. The van der Waals surface area contributed by atoms with Crippen LogP contribution >= 0.6 is 0 Å². The van der Waals surface area contributed by atoms with Gasteiger partial charge in [-0.25, -0.2) is 0 Å². The molecule has 1 aromatic rings. The van der Waals surface area contributed by atoms with Crippen molar-refractivity contribution in [3.8, 4) is 0 Å². The summed E-state index contributed by atoms with van der Waals surface area (Å²) in [5.41, 5.74) is 2.46. The predicted molar refractivity (Wildman–Crippen MR) is 97.4 cm³/mol. The van der Waals surface area contributed by atoms with E-state index in [1.807, 2.05) is 14.1 Å². The fourth-order valence-corrected chi connectivity index (χ4v) is 4.00. The number of carbonyl (C=O) groups excluding carboxylic acids is 1. The van der Waals surface area contributed by atoms with Gasteiger partial charge in [0.1, 0.15) is 0 Å². The minimum absolute atomic E-state index is 0.0677. The van der Waals surface area contributed by atoms with Gasteiger partial charge in [0.05, 0.1) is 18.2 Å². The van der Waals surface area contributed by atoms with Crippen LogP contribution in [0.2, 0.25) is 0 Å². The molecule has 1 spiro atoms. The molecule has 2 fully saturated rings. The third-order valence-electron chi connectivity index (χ3n) is 5.43. The quantitative estimate of drug-likeness (QED) is 0.901. The molecule has 3 rings (SSSR count). The van der Waals surface area contributed by atoms with Crippen LogP contribution in [0.3, 0.4) is 0 Å². The summed E-state index contributed by atoms with van der Waals surface area (Å²) in [6.45, 7) is 0.684. The number of anilines is 1. The number of nitrogens with one attached hydrogen (secondary N) is 1. The van der Waals surface area contributed by atoms with Crippen LogP contribution in [0.5, 0.6) is 0 Å². The van der Waals surface area contributed by atoms with Crippen LogP contribution in [0.4, 0.5) is 5.69 Å². The van der Waals surface area contributed by atoms with Gasteiger partial charge in [0, 0.05) is 26.2 Å². The summed E-state index contributed by atoms with van der Waals surface area (Å²) in [6, 6.07) is 8.62. The zero-order chi connectivity index (χ0) is 17.0. The Hall–Kier alpha value is -1.55. The van der Waals surface area contributed by atoms with E-state index in [-0.39, 0.29) is 17.6 Å². The van der Waals surface area contributed by atoms with E-state index in [1.54, 1.807) is 0 Å². The number of nitrogens with zero attached hydrogens (tertiary/aromatic N) is 1. The summed E-state index contributed by atoms with van der Waals surface area (Å²) in [7, 11) is 4.07. The van der Waals surface area contributed by atoms with Gasteiger partial charge in [-0.1, -0.05) is 31.4 Å². The molecule has 1 N–H and O–H groups in total. The summed E-state index contributed by atoms with van der Waals surface area (Å²) < 4.78 is 6.07. The lowest BCUT2D eigenvalue weighted by atomic mass is 9.82. The molecular formula is C20H30N2O2. The van der Waals surface area contributed by atoms with Crippen molar-refractivity contribution in [3.05, 3.63) is 29.8 Å². The van der Waals surface area contributed by atoms with Gasteiger partial charge < -0.3 is 15.0 Å². The maximum atomic E-state index is 12.2. The summed E-state index contributed by atoms with van der Waals surface area (Å²) >= 11 is 0. The van der Waals surface area contributed by atoms with Crippen molar-refractivity contribution in [2.24, 2.45) is 0 Å². The van der Waals surface area contributed by atoms with E-state index in [4.69, 9.17) is 4.74 Å². The summed E-state index contributed by atoms with van der Waals surface area (Å²) in [6.07, 6.45) is 8.52. The molecule has 1 saturated carbocycles. The molecule has 0 unspecified atom stereocenters. The van der Waals surface area contributed by atoms with Crippen LogP contribution in [0.1, 0.15) is 50.5 Å². The van der Waals surface area contributed by atoms with Crippen molar-refractivity contribution in [1.82, 2.24) is 5.32 Å². The molecule has 2 aliphatic rings. The lowest BCUT2D eigenvalue weighted by Crippen LogP contribution is -2.37. The molecule has 132 valence electrons. The van der Waals surface area contributed by atoms with Gasteiger partial charge in [-0.3, -0.25) is 4.79 Å². The van der Waals surface area contributed by atoms with Crippen LogP contribution in [-0.2, 0) is 16.0 Å². The lowest BCUT2D eigenvalue weighted by molar-refractivity contribution is -0.121. The topological polar surface area (TPSA) is 41.6 Å². The highest BCUT2D eigenvalue weighted by Gasteiger charge is 2.41. The number of aryl methyl sites for hydroxylation is 1. The smallest absolute Gasteiger partial charge is 0.220 e. The number of amides is 1. The van der Waals surface area contributed by atoms with E-state index >= 15 is 0 Å². The normalized spacial score (nSPS) is 22.5.